The number of aliphatic hydroxyl groups excluding tert-OH is 3. The second-order valence-electron chi connectivity index (χ2n) is 5.44. The van der Waals surface area contributed by atoms with Crippen LogP contribution in [0.3, 0.4) is 0 Å². The Morgan fingerprint density at radius 3 is 2.79 bits per heavy atom. The van der Waals surface area contributed by atoms with Crippen LogP contribution in [-0.2, 0) is 4.74 Å². The fraction of sp³-hybridized carbons (Fsp3) is 0.357. The molecule has 126 valence electrons. The van der Waals surface area contributed by atoms with Crippen LogP contribution in [0.15, 0.2) is 23.8 Å². The molecule has 0 amide bonds. The minimum Gasteiger partial charge on any atom is -0.394 e. The van der Waals surface area contributed by atoms with Gasteiger partial charge >= 0.3 is 0 Å². The second-order valence-corrected chi connectivity index (χ2v) is 6.39. The summed E-state index contributed by atoms with van der Waals surface area (Å²) in [6, 6.07) is 3.74. The summed E-state index contributed by atoms with van der Waals surface area (Å²) < 4.78 is 7.23. The van der Waals surface area contributed by atoms with Crippen LogP contribution in [0.5, 0.6) is 0 Å². The average molecular weight is 349 g/mol. The van der Waals surface area contributed by atoms with Gasteiger partial charge in [-0.2, -0.15) is 0 Å². The lowest BCUT2D eigenvalue weighted by atomic mass is 10.1. The lowest BCUT2D eigenvalue weighted by Gasteiger charge is -2.18. The van der Waals surface area contributed by atoms with Crippen molar-refractivity contribution in [1.82, 2.24) is 19.5 Å². The number of nitrogens with zero attached hydrogens (tertiary/aromatic N) is 4. The first kappa shape index (κ1) is 15.4. The minimum absolute atomic E-state index is 0.211. The van der Waals surface area contributed by atoms with Crippen LogP contribution >= 0.6 is 11.3 Å². The summed E-state index contributed by atoms with van der Waals surface area (Å²) >= 11 is 1.46. The number of fused-ring (bicyclic) bond motifs is 1. The molecular formula is C14H15N5O4S. The van der Waals surface area contributed by atoms with Crippen molar-refractivity contribution >= 4 is 28.3 Å². The molecule has 10 heteroatoms. The molecule has 5 N–H and O–H groups in total. The van der Waals surface area contributed by atoms with Gasteiger partial charge < -0.3 is 25.8 Å². The maximum Gasteiger partial charge on any atom is 0.168 e. The maximum atomic E-state index is 10.4. The fourth-order valence-corrected chi connectivity index (χ4v) is 3.55. The van der Waals surface area contributed by atoms with E-state index in [4.69, 9.17) is 10.5 Å². The van der Waals surface area contributed by atoms with Crippen LogP contribution in [0.1, 0.15) is 6.23 Å². The summed E-state index contributed by atoms with van der Waals surface area (Å²) in [4.78, 5) is 13.5. The molecule has 1 aliphatic rings. The van der Waals surface area contributed by atoms with Gasteiger partial charge in [0.15, 0.2) is 29.0 Å². The molecule has 3 aromatic heterocycles. The SMILES string of the molecule is Nc1ncnc2c1nc(-c1cccs1)n2C1OC(CO)C(O)C1O. The predicted molar refractivity (Wildman–Crippen MR) is 86.1 cm³/mol. The van der Waals surface area contributed by atoms with E-state index >= 15 is 0 Å². The number of hydrogen-bond donors (Lipinski definition) is 4. The maximum absolute atomic E-state index is 10.4. The Kier molecular flexibility index (Phi) is 3.70. The molecule has 24 heavy (non-hydrogen) atoms. The Labute approximate surface area is 140 Å². The molecule has 1 fully saturated rings. The van der Waals surface area contributed by atoms with Crippen molar-refractivity contribution in [3.05, 3.63) is 23.8 Å². The van der Waals surface area contributed by atoms with Crippen molar-refractivity contribution in [2.45, 2.75) is 24.5 Å². The van der Waals surface area contributed by atoms with Gasteiger partial charge in [-0.15, -0.1) is 11.3 Å². The predicted octanol–water partition coefficient (Wildman–Crippen LogP) is -0.252. The monoisotopic (exact) mass is 349 g/mol. The molecule has 9 nitrogen and oxygen atoms in total. The standard InChI is InChI=1S/C14H15N5O4S/c15-11-8-13(17-5-16-11)19(12(18-8)7-2-1-3-24-7)14-10(22)9(21)6(4-20)23-14/h1-3,5-6,9-10,14,20-22H,4H2,(H2,15,16,17). The van der Waals surface area contributed by atoms with Crippen molar-refractivity contribution in [2.75, 3.05) is 12.3 Å². The van der Waals surface area contributed by atoms with Crippen LogP contribution in [0.2, 0.25) is 0 Å². The third-order valence-electron chi connectivity index (χ3n) is 4.02. The van der Waals surface area contributed by atoms with Crippen molar-refractivity contribution < 1.29 is 20.1 Å². The number of hydrogen-bond acceptors (Lipinski definition) is 9. The smallest absolute Gasteiger partial charge is 0.168 e. The molecule has 4 heterocycles. The van der Waals surface area contributed by atoms with E-state index in [0.717, 1.165) is 4.88 Å². The number of nitrogen functional groups attached to an aromatic ring is 1. The van der Waals surface area contributed by atoms with Crippen molar-refractivity contribution in [3.8, 4) is 10.7 Å². The second kappa shape index (κ2) is 5.76. The molecule has 0 saturated carbocycles. The zero-order chi connectivity index (χ0) is 16.8. The van der Waals surface area contributed by atoms with E-state index in [-0.39, 0.29) is 5.82 Å². The summed E-state index contributed by atoms with van der Waals surface area (Å²) in [6.07, 6.45) is -3.00. The molecule has 1 saturated heterocycles. The van der Waals surface area contributed by atoms with E-state index in [1.165, 1.54) is 17.7 Å². The third-order valence-corrected chi connectivity index (χ3v) is 4.88. The van der Waals surface area contributed by atoms with Crippen molar-refractivity contribution in [3.63, 3.8) is 0 Å². The number of aromatic nitrogens is 4. The summed E-state index contributed by atoms with van der Waals surface area (Å²) in [6.45, 7) is -0.410. The molecular weight excluding hydrogens is 334 g/mol. The van der Waals surface area contributed by atoms with E-state index in [1.54, 1.807) is 4.57 Å². The van der Waals surface area contributed by atoms with Gasteiger partial charge in [0.2, 0.25) is 0 Å². The third kappa shape index (κ3) is 2.19. The Hall–Kier alpha value is -2.11. The van der Waals surface area contributed by atoms with E-state index in [0.29, 0.717) is 17.0 Å². The highest BCUT2D eigenvalue weighted by Gasteiger charge is 2.45. The normalized spacial score (nSPS) is 27.1. The van der Waals surface area contributed by atoms with Crippen LogP contribution in [0.4, 0.5) is 5.82 Å². The highest BCUT2D eigenvalue weighted by molar-refractivity contribution is 7.13. The number of imidazole rings is 1. The molecule has 0 spiro atoms. The molecule has 0 radical (unpaired) electrons. The van der Waals surface area contributed by atoms with Crippen molar-refractivity contribution in [1.29, 1.82) is 0 Å². The molecule has 4 unspecified atom stereocenters. The van der Waals surface area contributed by atoms with E-state index in [9.17, 15) is 15.3 Å². The first-order chi connectivity index (χ1) is 11.6. The summed E-state index contributed by atoms with van der Waals surface area (Å²) in [7, 11) is 0. The lowest BCUT2D eigenvalue weighted by Crippen LogP contribution is -2.33. The van der Waals surface area contributed by atoms with Crippen LogP contribution < -0.4 is 5.73 Å². The van der Waals surface area contributed by atoms with Gasteiger partial charge in [-0.1, -0.05) is 6.07 Å². The van der Waals surface area contributed by atoms with Gasteiger partial charge in [0, 0.05) is 0 Å². The van der Waals surface area contributed by atoms with Crippen LogP contribution in [-0.4, -0.2) is 59.8 Å². The first-order valence-electron chi connectivity index (χ1n) is 7.26. The summed E-state index contributed by atoms with van der Waals surface area (Å²) in [5.74, 6) is 0.713. The van der Waals surface area contributed by atoms with Gasteiger partial charge in [-0.05, 0) is 11.4 Å². The Balaban J connectivity index is 1.94. The number of anilines is 1. The minimum atomic E-state index is -1.24. The zero-order valence-electron chi connectivity index (χ0n) is 12.4. The van der Waals surface area contributed by atoms with Crippen LogP contribution in [0, 0.1) is 0 Å². The quantitative estimate of drug-likeness (QED) is 0.507. The van der Waals surface area contributed by atoms with Gasteiger partial charge in [0.25, 0.3) is 0 Å². The molecule has 0 aliphatic carbocycles. The lowest BCUT2D eigenvalue weighted by molar-refractivity contribution is -0.0503. The zero-order valence-corrected chi connectivity index (χ0v) is 13.2. The number of nitrogens with two attached hydrogens (primary N) is 1. The number of ether oxygens (including phenoxy) is 1. The number of thiophene rings is 1. The topological polar surface area (TPSA) is 140 Å². The Bertz CT molecular complexity index is 868. The molecule has 3 aromatic rings. The molecule has 1 aliphatic heterocycles. The van der Waals surface area contributed by atoms with Crippen molar-refractivity contribution in [2.24, 2.45) is 0 Å². The highest BCUT2D eigenvalue weighted by Crippen LogP contribution is 2.37. The van der Waals surface area contributed by atoms with Crippen LogP contribution in [0.25, 0.3) is 21.9 Å². The highest BCUT2D eigenvalue weighted by atomic mass is 32.1. The first-order valence-corrected chi connectivity index (χ1v) is 8.14. The van der Waals surface area contributed by atoms with Gasteiger partial charge in [-0.3, -0.25) is 4.57 Å². The summed E-state index contributed by atoms with van der Waals surface area (Å²) in [5.41, 5.74) is 6.67. The average Bonchev–Trinajstić information content (AvgIpc) is 3.27. The largest absolute Gasteiger partial charge is 0.394 e. The molecule has 0 bridgehead atoms. The Morgan fingerprint density at radius 2 is 2.12 bits per heavy atom. The van der Waals surface area contributed by atoms with E-state index in [2.05, 4.69) is 15.0 Å². The molecule has 4 rings (SSSR count). The summed E-state index contributed by atoms with van der Waals surface area (Å²) in [5, 5.41) is 31.6. The fourth-order valence-electron chi connectivity index (χ4n) is 2.84. The number of rotatable bonds is 3. The Morgan fingerprint density at radius 1 is 1.29 bits per heavy atom. The van der Waals surface area contributed by atoms with Gasteiger partial charge in [-0.25, -0.2) is 15.0 Å². The van der Waals surface area contributed by atoms with Gasteiger partial charge in [0.05, 0.1) is 11.5 Å². The van der Waals surface area contributed by atoms with E-state index < -0.39 is 31.1 Å². The molecule has 4 atom stereocenters. The number of aliphatic hydroxyl groups is 3. The van der Waals surface area contributed by atoms with E-state index in [1.807, 2.05) is 17.5 Å². The van der Waals surface area contributed by atoms with Gasteiger partial charge in [0.1, 0.15) is 24.6 Å². The molecule has 0 aromatic carbocycles.